The number of aromatic hydroxyl groups is 1. The van der Waals surface area contributed by atoms with Gasteiger partial charge in [-0.25, -0.2) is 0 Å². The molecule has 0 bridgehead atoms. The monoisotopic (exact) mass is 383 g/mol. The van der Waals surface area contributed by atoms with Crippen LogP contribution in [0.5, 0.6) is 5.75 Å². The highest BCUT2D eigenvalue weighted by Crippen LogP contribution is 2.37. The maximum atomic E-state index is 13.0. The first-order valence-corrected chi connectivity index (χ1v) is 9.75. The molecular formula is C20H28F3N3O. The van der Waals surface area contributed by atoms with Gasteiger partial charge in [-0.2, -0.15) is 13.2 Å². The van der Waals surface area contributed by atoms with Gasteiger partial charge in [-0.3, -0.25) is 4.99 Å². The molecule has 7 heteroatoms. The fourth-order valence-electron chi connectivity index (χ4n) is 4.27. The van der Waals surface area contributed by atoms with E-state index in [1.165, 1.54) is 11.1 Å². The fraction of sp³-hybridized carbons (Fsp3) is 0.650. The third-order valence-electron chi connectivity index (χ3n) is 5.76. The lowest BCUT2D eigenvalue weighted by Gasteiger charge is -2.32. The minimum atomic E-state index is -4.13. The van der Waals surface area contributed by atoms with Gasteiger partial charge in [0.25, 0.3) is 0 Å². The third kappa shape index (κ3) is 4.87. The number of rotatable bonds is 3. The number of aliphatic imine (C=N–C) groups is 1. The first-order chi connectivity index (χ1) is 12.9. The van der Waals surface area contributed by atoms with Gasteiger partial charge in [-0.05, 0) is 62.1 Å². The molecule has 0 aromatic heterocycles. The minimum Gasteiger partial charge on any atom is -0.508 e. The molecular weight excluding hydrogens is 355 g/mol. The summed E-state index contributed by atoms with van der Waals surface area (Å²) in [5.74, 6) is -0.504. The molecule has 2 atom stereocenters. The van der Waals surface area contributed by atoms with Crippen molar-refractivity contribution in [2.24, 2.45) is 10.9 Å². The smallest absolute Gasteiger partial charge is 0.391 e. The largest absolute Gasteiger partial charge is 0.508 e. The van der Waals surface area contributed by atoms with E-state index in [1.54, 1.807) is 13.1 Å². The van der Waals surface area contributed by atoms with E-state index in [-0.39, 0.29) is 24.6 Å². The van der Waals surface area contributed by atoms with Crippen LogP contribution >= 0.6 is 0 Å². The third-order valence-corrected chi connectivity index (χ3v) is 5.76. The Kier molecular flexibility index (Phi) is 6.17. The van der Waals surface area contributed by atoms with Crippen LogP contribution in [0, 0.1) is 5.92 Å². The molecule has 1 aromatic rings. The normalized spacial score (nSPS) is 23.6. The minimum absolute atomic E-state index is 0.0795. The summed E-state index contributed by atoms with van der Waals surface area (Å²) >= 11 is 0. The molecule has 1 saturated carbocycles. The lowest BCUT2D eigenvalue weighted by Crippen LogP contribution is -2.46. The number of guanidine groups is 1. The molecule has 1 aromatic carbocycles. The molecule has 4 nitrogen and oxygen atoms in total. The zero-order chi connectivity index (χ0) is 19.4. The van der Waals surface area contributed by atoms with Gasteiger partial charge in [0.05, 0.1) is 5.92 Å². The van der Waals surface area contributed by atoms with E-state index >= 15 is 0 Å². The van der Waals surface area contributed by atoms with Crippen LogP contribution in [0.1, 0.15) is 55.2 Å². The average Bonchev–Trinajstić information content (AvgIpc) is 2.65. The number of halogens is 3. The molecule has 0 heterocycles. The van der Waals surface area contributed by atoms with Gasteiger partial charge in [0.1, 0.15) is 5.75 Å². The summed E-state index contributed by atoms with van der Waals surface area (Å²) in [6, 6.07) is 3.47. The van der Waals surface area contributed by atoms with Crippen LogP contribution < -0.4 is 10.6 Å². The maximum absolute atomic E-state index is 13.0. The van der Waals surface area contributed by atoms with Crippen LogP contribution in [0.25, 0.3) is 0 Å². The van der Waals surface area contributed by atoms with Gasteiger partial charge in [-0.15, -0.1) is 0 Å². The summed E-state index contributed by atoms with van der Waals surface area (Å²) in [7, 11) is 1.61. The molecule has 2 aliphatic rings. The van der Waals surface area contributed by atoms with E-state index < -0.39 is 12.1 Å². The second-order valence-electron chi connectivity index (χ2n) is 7.58. The van der Waals surface area contributed by atoms with Crippen molar-refractivity contribution >= 4 is 5.96 Å². The number of benzene rings is 1. The van der Waals surface area contributed by atoms with E-state index in [4.69, 9.17) is 0 Å². The summed E-state index contributed by atoms with van der Waals surface area (Å²) < 4.78 is 39.0. The van der Waals surface area contributed by atoms with Crippen molar-refractivity contribution in [3.05, 3.63) is 28.8 Å². The highest BCUT2D eigenvalue weighted by atomic mass is 19.4. The number of fused-ring (bicyclic) bond motifs is 1. The van der Waals surface area contributed by atoms with Gasteiger partial charge in [0.15, 0.2) is 5.96 Å². The number of hydrogen-bond acceptors (Lipinski definition) is 2. The molecule has 2 aliphatic carbocycles. The first kappa shape index (κ1) is 19.8. The second kappa shape index (κ2) is 8.40. The number of phenols is 1. The van der Waals surface area contributed by atoms with Crippen LogP contribution in [-0.2, 0) is 19.4 Å². The molecule has 0 radical (unpaired) electrons. The molecule has 150 valence electrons. The lowest BCUT2D eigenvalue weighted by molar-refractivity contribution is -0.183. The number of alkyl halides is 3. The Morgan fingerprint density at radius 3 is 2.70 bits per heavy atom. The highest BCUT2D eigenvalue weighted by molar-refractivity contribution is 5.80. The van der Waals surface area contributed by atoms with E-state index in [0.717, 1.165) is 31.2 Å². The van der Waals surface area contributed by atoms with Gasteiger partial charge in [-0.1, -0.05) is 12.5 Å². The van der Waals surface area contributed by atoms with Crippen LogP contribution in [0.3, 0.4) is 0 Å². The molecule has 0 saturated heterocycles. The van der Waals surface area contributed by atoms with Crippen molar-refractivity contribution < 1.29 is 18.3 Å². The average molecular weight is 383 g/mol. The number of hydrogen-bond donors (Lipinski definition) is 3. The molecule has 2 unspecified atom stereocenters. The molecule has 0 amide bonds. The zero-order valence-electron chi connectivity index (χ0n) is 15.7. The predicted molar refractivity (Wildman–Crippen MR) is 99.9 cm³/mol. The molecule has 1 fully saturated rings. The van der Waals surface area contributed by atoms with Crippen molar-refractivity contribution in [1.29, 1.82) is 0 Å². The van der Waals surface area contributed by atoms with E-state index in [2.05, 4.69) is 15.6 Å². The van der Waals surface area contributed by atoms with E-state index in [0.29, 0.717) is 25.3 Å². The van der Waals surface area contributed by atoms with E-state index in [1.807, 2.05) is 6.07 Å². The van der Waals surface area contributed by atoms with Crippen LogP contribution in [0.15, 0.2) is 17.1 Å². The first-order valence-electron chi connectivity index (χ1n) is 9.75. The molecule has 0 aliphatic heterocycles. The lowest BCUT2D eigenvalue weighted by atomic mass is 9.85. The molecule has 0 spiro atoms. The Balaban J connectivity index is 1.62. The number of phenolic OH excluding ortho intramolecular Hbond substituents is 1. The van der Waals surface area contributed by atoms with Crippen LogP contribution in [-0.4, -0.2) is 30.3 Å². The van der Waals surface area contributed by atoms with Gasteiger partial charge >= 0.3 is 6.18 Å². The van der Waals surface area contributed by atoms with Crippen molar-refractivity contribution in [2.75, 3.05) is 7.05 Å². The summed E-state index contributed by atoms with van der Waals surface area (Å²) in [4.78, 5) is 4.16. The van der Waals surface area contributed by atoms with Crippen molar-refractivity contribution in [2.45, 2.75) is 70.1 Å². The fourth-order valence-corrected chi connectivity index (χ4v) is 4.27. The van der Waals surface area contributed by atoms with Gasteiger partial charge < -0.3 is 15.7 Å². The summed E-state index contributed by atoms with van der Waals surface area (Å²) in [6.07, 6.45) is 1.66. The highest BCUT2D eigenvalue weighted by Gasteiger charge is 2.42. The number of nitrogens with one attached hydrogen (secondary N) is 2. The second-order valence-corrected chi connectivity index (χ2v) is 7.58. The Bertz CT molecular complexity index is 688. The summed E-state index contributed by atoms with van der Waals surface area (Å²) in [5.41, 5.74) is 3.34. The Labute approximate surface area is 158 Å². The standard InChI is InChI=1S/C20H28F3N3O/c1-24-19(26-15-7-4-6-14(11-15)20(21,22)23)25-12-17-16-8-3-2-5-13(16)9-10-18(17)27/h9-10,14-15,27H,2-8,11-12H2,1H3,(H2,24,25,26). The summed E-state index contributed by atoms with van der Waals surface area (Å²) in [6.45, 7) is 0.407. The SMILES string of the molecule is CN=C(NCc1c(O)ccc2c1CCCC2)NC1CCCC(C(F)(F)F)C1. The van der Waals surface area contributed by atoms with Gasteiger partial charge in [0, 0.05) is 25.2 Å². The number of aryl methyl sites for hydroxylation is 1. The predicted octanol–water partition coefficient (Wildman–Crippen LogP) is 4.06. The van der Waals surface area contributed by atoms with E-state index in [9.17, 15) is 18.3 Å². The molecule has 3 N–H and O–H groups in total. The Hall–Kier alpha value is -1.92. The zero-order valence-corrected chi connectivity index (χ0v) is 15.7. The molecule has 3 rings (SSSR count). The quantitative estimate of drug-likeness (QED) is 0.545. The summed E-state index contributed by atoms with van der Waals surface area (Å²) in [5, 5.41) is 16.6. The molecule has 27 heavy (non-hydrogen) atoms. The van der Waals surface area contributed by atoms with Crippen molar-refractivity contribution in [1.82, 2.24) is 10.6 Å². The van der Waals surface area contributed by atoms with Crippen molar-refractivity contribution in [3.63, 3.8) is 0 Å². The Morgan fingerprint density at radius 2 is 1.96 bits per heavy atom. The van der Waals surface area contributed by atoms with Crippen LogP contribution in [0.2, 0.25) is 0 Å². The Morgan fingerprint density at radius 1 is 1.19 bits per heavy atom. The number of nitrogens with zero attached hydrogens (tertiary/aromatic N) is 1. The topological polar surface area (TPSA) is 56.7 Å². The van der Waals surface area contributed by atoms with Gasteiger partial charge in [0.2, 0.25) is 0 Å². The van der Waals surface area contributed by atoms with Crippen LogP contribution in [0.4, 0.5) is 13.2 Å². The van der Waals surface area contributed by atoms with Crippen molar-refractivity contribution in [3.8, 4) is 5.75 Å². The maximum Gasteiger partial charge on any atom is 0.391 e.